The summed E-state index contributed by atoms with van der Waals surface area (Å²) < 4.78 is 6.36. The van der Waals surface area contributed by atoms with E-state index in [0.717, 1.165) is 4.70 Å². The Morgan fingerprint density at radius 2 is 1.78 bits per heavy atom. The number of aromatic nitrogens is 1. The lowest BCUT2D eigenvalue weighted by atomic mass is 9.95. The molecule has 6 nitrogen and oxygen atoms in total. The van der Waals surface area contributed by atoms with Crippen molar-refractivity contribution in [3.05, 3.63) is 92.4 Å². The van der Waals surface area contributed by atoms with Crippen LogP contribution in [0.1, 0.15) is 24.1 Å². The fraction of sp³-hybridized carbons (Fsp3) is 0.115. The Kier molecular flexibility index (Phi) is 6.66. The molecule has 4 aromatic rings. The SMILES string of the molecule is CCOc1ccc2nc(N3C(=O)C(=O)/C(=C(/O)c4ccc(Cl)cc4)C3c3ccc(Cl)c(Cl)c3)sc2c1. The topological polar surface area (TPSA) is 79.7 Å². The smallest absolute Gasteiger partial charge is 0.301 e. The minimum absolute atomic E-state index is 0.0880. The normalized spacial score (nSPS) is 17.2. The number of carbonyl (C=O) groups excluding carboxylic acids is 2. The minimum Gasteiger partial charge on any atom is -0.507 e. The number of aliphatic hydroxyl groups excluding tert-OH is 1. The fourth-order valence-electron chi connectivity index (χ4n) is 4.04. The lowest BCUT2D eigenvalue weighted by Gasteiger charge is -2.23. The lowest BCUT2D eigenvalue weighted by Crippen LogP contribution is -2.29. The highest BCUT2D eigenvalue weighted by Crippen LogP contribution is 2.45. The number of ketones is 1. The van der Waals surface area contributed by atoms with Gasteiger partial charge >= 0.3 is 5.91 Å². The van der Waals surface area contributed by atoms with Gasteiger partial charge in [-0.15, -0.1) is 0 Å². The van der Waals surface area contributed by atoms with E-state index < -0.39 is 17.7 Å². The molecule has 3 aromatic carbocycles. The first-order chi connectivity index (χ1) is 17.3. The number of halogens is 3. The molecule has 10 heteroatoms. The van der Waals surface area contributed by atoms with Crippen molar-refractivity contribution in [1.82, 2.24) is 4.98 Å². The number of carbonyl (C=O) groups is 2. The van der Waals surface area contributed by atoms with Gasteiger partial charge in [0.1, 0.15) is 11.5 Å². The number of nitrogens with zero attached hydrogens (tertiary/aromatic N) is 2. The van der Waals surface area contributed by atoms with Crippen LogP contribution in [0.15, 0.2) is 66.2 Å². The van der Waals surface area contributed by atoms with Gasteiger partial charge in [-0.1, -0.05) is 52.2 Å². The molecule has 1 N–H and O–H groups in total. The average Bonchev–Trinajstić information content (AvgIpc) is 3.39. The molecule has 1 unspecified atom stereocenters. The Hall–Kier alpha value is -3.10. The first-order valence-electron chi connectivity index (χ1n) is 10.8. The Morgan fingerprint density at radius 1 is 1.03 bits per heavy atom. The molecule has 0 radical (unpaired) electrons. The Bertz CT molecular complexity index is 1550. The number of hydrogen-bond donors (Lipinski definition) is 1. The van der Waals surface area contributed by atoms with Crippen LogP contribution in [0.25, 0.3) is 16.0 Å². The second-order valence-electron chi connectivity index (χ2n) is 7.91. The summed E-state index contributed by atoms with van der Waals surface area (Å²) >= 11 is 19.6. The van der Waals surface area contributed by atoms with Gasteiger partial charge in [0.15, 0.2) is 5.13 Å². The average molecular weight is 560 g/mol. The van der Waals surface area contributed by atoms with Gasteiger partial charge in [-0.05, 0) is 67.1 Å². The Morgan fingerprint density at radius 3 is 2.47 bits per heavy atom. The van der Waals surface area contributed by atoms with Gasteiger partial charge in [0.25, 0.3) is 5.78 Å². The van der Waals surface area contributed by atoms with E-state index >= 15 is 0 Å². The van der Waals surface area contributed by atoms with Gasteiger partial charge < -0.3 is 9.84 Å². The van der Waals surface area contributed by atoms with E-state index in [1.807, 2.05) is 13.0 Å². The second-order valence-corrected chi connectivity index (χ2v) is 10.2. The zero-order valence-electron chi connectivity index (χ0n) is 18.7. The number of anilines is 1. The summed E-state index contributed by atoms with van der Waals surface area (Å²) in [5.74, 6) is -1.31. The van der Waals surface area contributed by atoms with Gasteiger partial charge in [-0.3, -0.25) is 14.5 Å². The number of ether oxygens (including phenoxy) is 1. The van der Waals surface area contributed by atoms with Crippen molar-refractivity contribution in [3.8, 4) is 5.75 Å². The van der Waals surface area contributed by atoms with Crippen LogP contribution in [0.3, 0.4) is 0 Å². The van der Waals surface area contributed by atoms with E-state index in [1.165, 1.54) is 16.2 Å². The summed E-state index contributed by atoms with van der Waals surface area (Å²) in [5, 5.41) is 12.5. The van der Waals surface area contributed by atoms with Crippen LogP contribution in [0.2, 0.25) is 15.1 Å². The van der Waals surface area contributed by atoms with Crippen LogP contribution in [-0.4, -0.2) is 28.4 Å². The maximum Gasteiger partial charge on any atom is 0.301 e. The van der Waals surface area contributed by atoms with Gasteiger partial charge in [-0.25, -0.2) is 4.98 Å². The third-order valence-electron chi connectivity index (χ3n) is 5.69. The third-order valence-corrected chi connectivity index (χ3v) is 7.70. The lowest BCUT2D eigenvalue weighted by molar-refractivity contribution is -0.132. The molecule has 0 saturated carbocycles. The number of amides is 1. The Balaban J connectivity index is 1.71. The van der Waals surface area contributed by atoms with Gasteiger partial charge in [-0.2, -0.15) is 0 Å². The molecule has 1 amide bonds. The van der Waals surface area contributed by atoms with E-state index in [0.29, 0.717) is 44.2 Å². The predicted octanol–water partition coefficient (Wildman–Crippen LogP) is 7.28. The van der Waals surface area contributed by atoms with Crippen LogP contribution < -0.4 is 9.64 Å². The third kappa shape index (κ3) is 4.33. The number of Topliss-reactive ketones (excluding diaryl/α,β-unsaturated/α-hetero) is 1. The van der Waals surface area contributed by atoms with Crippen molar-refractivity contribution < 1.29 is 19.4 Å². The Labute approximate surface area is 225 Å². The van der Waals surface area contributed by atoms with Crippen LogP contribution in [0, 0.1) is 0 Å². The molecule has 182 valence electrons. The maximum absolute atomic E-state index is 13.4. The molecule has 1 aliphatic heterocycles. The number of hydrogen-bond acceptors (Lipinski definition) is 6. The van der Waals surface area contributed by atoms with Crippen LogP contribution in [0.5, 0.6) is 5.75 Å². The molecule has 5 rings (SSSR count). The van der Waals surface area contributed by atoms with Crippen LogP contribution in [0.4, 0.5) is 5.13 Å². The fourth-order valence-corrected chi connectivity index (χ4v) is 5.50. The van der Waals surface area contributed by atoms with Gasteiger partial charge in [0.2, 0.25) is 0 Å². The summed E-state index contributed by atoms with van der Waals surface area (Å²) in [4.78, 5) is 32.6. The highest BCUT2D eigenvalue weighted by atomic mass is 35.5. The molecular weight excluding hydrogens is 543 g/mol. The van der Waals surface area contributed by atoms with Crippen molar-refractivity contribution in [2.45, 2.75) is 13.0 Å². The number of fused-ring (bicyclic) bond motifs is 1. The first kappa shape index (κ1) is 24.6. The van der Waals surface area contributed by atoms with Crippen molar-refractivity contribution >= 4 is 78.9 Å². The van der Waals surface area contributed by atoms with Gasteiger partial charge in [0, 0.05) is 10.6 Å². The summed E-state index contributed by atoms with van der Waals surface area (Å²) in [6, 6.07) is 15.6. The zero-order valence-corrected chi connectivity index (χ0v) is 21.8. The first-order valence-corrected chi connectivity index (χ1v) is 12.8. The molecule has 2 heterocycles. The summed E-state index contributed by atoms with van der Waals surface area (Å²) in [5.41, 5.74) is 1.39. The zero-order chi connectivity index (χ0) is 25.6. The molecule has 1 aliphatic rings. The molecule has 1 atom stereocenters. The van der Waals surface area contributed by atoms with E-state index in [-0.39, 0.29) is 16.4 Å². The highest BCUT2D eigenvalue weighted by molar-refractivity contribution is 7.22. The molecular formula is C26H17Cl3N2O4S. The largest absolute Gasteiger partial charge is 0.507 e. The number of benzene rings is 3. The quantitative estimate of drug-likeness (QED) is 0.158. The number of thiazole rings is 1. The predicted molar refractivity (Wildman–Crippen MR) is 143 cm³/mol. The summed E-state index contributed by atoms with van der Waals surface area (Å²) in [7, 11) is 0. The molecule has 1 aromatic heterocycles. The summed E-state index contributed by atoms with van der Waals surface area (Å²) in [6.07, 6.45) is 0. The molecule has 36 heavy (non-hydrogen) atoms. The molecule has 0 spiro atoms. The van der Waals surface area contributed by atoms with Crippen molar-refractivity contribution in [2.75, 3.05) is 11.5 Å². The minimum atomic E-state index is -0.984. The molecule has 0 aliphatic carbocycles. The van der Waals surface area contributed by atoms with E-state index in [1.54, 1.807) is 54.6 Å². The van der Waals surface area contributed by atoms with E-state index in [4.69, 9.17) is 39.5 Å². The summed E-state index contributed by atoms with van der Waals surface area (Å²) in [6.45, 7) is 2.40. The molecule has 0 bridgehead atoms. The van der Waals surface area contributed by atoms with Crippen molar-refractivity contribution in [1.29, 1.82) is 0 Å². The van der Waals surface area contributed by atoms with Crippen LogP contribution in [-0.2, 0) is 9.59 Å². The molecule has 1 fully saturated rings. The monoisotopic (exact) mass is 558 g/mol. The number of aliphatic hydroxyl groups is 1. The number of rotatable bonds is 5. The maximum atomic E-state index is 13.4. The highest BCUT2D eigenvalue weighted by Gasteiger charge is 2.48. The van der Waals surface area contributed by atoms with Crippen molar-refractivity contribution in [3.63, 3.8) is 0 Å². The second kappa shape index (κ2) is 9.75. The van der Waals surface area contributed by atoms with Crippen molar-refractivity contribution in [2.24, 2.45) is 0 Å². The van der Waals surface area contributed by atoms with E-state index in [2.05, 4.69) is 4.98 Å². The van der Waals surface area contributed by atoms with E-state index in [9.17, 15) is 14.7 Å². The van der Waals surface area contributed by atoms with Crippen LogP contribution >= 0.6 is 46.1 Å². The standard InChI is InChI=1S/C26H17Cl3N2O4S/c1-2-35-16-8-10-19-20(12-16)36-26(30-19)31-22(14-5-9-17(28)18(29)11-14)21(24(33)25(31)34)23(32)13-3-6-15(27)7-4-13/h3-12,22,32H,2H2,1H3/b23-21+. The molecule has 1 saturated heterocycles. The van der Waals surface area contributed by atoms with Gasteiger partial charge in [0.05, 0.1) is 38.5 Å².